The lowest BCUT2D eigenvalue weighted by Crippen LogP contribution is -2.24. The summed E-state index contributed by atoms with van der Waals surface area (Å²) in [4.78, 5) is 8.99. The summed E-state index contributed by atoms with van der Waals surface area (Å²) in [6, 6.07) is 2.38. The van der Waals surface area contributed by atoms with E-state index in [9.17, 15) is 10.2 Å². The van der Waals surface area contributed by atoms with Gasteiger partial charge in [-0.3, -0.25) is 0 Å². The Morgan fingerprint density at radius 3 is 2.83 bits per heavy atom. The topological polar surface area (TPSA) is 92.4 Å². The standard InChI is InChI=1S/C17H24N4O3/c22-9-14-13(23)8-15(24-14)21-10-19-16-12(21)6-7-18-17(16)20-11-4-2-1-3-5-11/h6-7,10-11,13-15,22-23H,1-5,8-9H2,(H,18,20)/t13-,14?,15+/m0/s1. The summed E-state index contributed by atoms with van der Waals surface area (Å²) in [5.41, 5.74) is 1.76. The molecule has 0 spiro atoms. The van der Waals surface area contributed by atoms with Crippen LogP contribution in [0.5, 0.6) is 0 Å². The number of nitrogens with zero attached hydrogens (tertiary/aromatic N) is 3. The second kappa shape index (κ2) is 6.66. The molecule has 130 valence electrons. The van der Waals surface area contributed by atoms with Gasteiger partial charge in [0, 0.05) is 18.7 Å². The molecule has 0 bridgehead atoms. The number of anilines is 1. The van der Waals surface area contributed by atoms with Gasteiger partial charge >= 0.3 is 0 Å². The fraction of sp³-hybridized carbons (Fsp3) is 0.647. The Morgan fingerprint density at radius 1 is 1.25 bits per heavy atom. The fourth-order valence-corrected chi connectivity index (χ4v) is 3.79. The van der Waals surface area contributed by atoms with Crippen molar-refractivity contribution in [1.82, 2.24) is 14.5 Å². The molecule has 7 heteroatoms. The summed E-state index contributed by atoms with van der Waals surface area (Å²) in [7, 11) is 0. The van der Waals surface area contributed by atoms with Crippen LogP contribution in [0.15, 0.2) is 18.6 Å². The van der Waals surface area contributed by atoms with E-state index in [0.717, 1.165) is 16.9 Å². The molecule has 0 amide bonds. The number of hydrogen-bond donors (Lipinski definition) is 3. The van der Waals surface area contributed by atoms with Crippen LogP contribution in [0.25, 0.3) is 11.0 Å². The highest BCUT2D eigenvalue weighted by atomic mass is 16.5. The third kappa shape index (κ3) is 2.87. The first kappa shape index (κ1) is 15.8. The number of nitrogens with one attached hydrogen (secondary N) is 1. The van der Waals surface area contributed by atoms with Crippen LogP contribution in [0.4, 0.5) is 5.82 Å². The largest absolute Gasteiger partial charge is 0.394 e. The Balaban J connectivity index is 1.59. The number of aromatic nitrogens is 3. The third-order valence-electron chi connectivity index (χ3n) is 5.13. The van der Waals surface area contributed by atoms with Crippen LogP contribution in [-0.2, 0) is 4.74 Å². The first-order chi connectivity index (χ1) is 11.8. The second-order valence-electron chi connectivity index (χ2n) is 6.77. The molecule has 0 radical (unpaired) electrons. The zero-order chi connectivity index (χ0) is 16.5. The van der Waals surface area contributed by atoms with Crippen molar-refractivity contribution in [3.63, 3.8) is 0 Å². The maximum absolute atomic E-state index is 9.96. The van der Waals surface area contributed by atoms with Crippen LogP contribution >= 0.6 is 0 Å². The van der Waals surface area contributed by atoms with Crippen LogP contribution in [0.3, 0.4) is 0 Å². The zero-order valence-electron chi connectivity index (χ0n) is 13.6. The van der Waals surface area contributed by atoms with E-state index in [0.29, 0.717) is 12.5 Å². The smallest absolute Gasteiger partial charge is 0.154 e. The number of hydrogen-bond acceptors (Lipinski definition) is 6. The van der Waals surface area contributed by atoms with Gasteiger partial charge in [0.2, 0.25) is 0 Å². The van der Waals surface area contributed by atoms with E-state index < -0.39 is 12.2 Å². The van der Waals surface area contributed by atoms with Gasteiger partial charge in [0.1, 0.15) is 17.8 Å². The highest BCUT2D eigenvalue weighted by molar-refractivity contribution is 5.86. The first-order valence-electron chi connectivity index (χ1n) is 8.78. The molecule has 7 nitrogen and oxygen atoms in total. The van der Waals surface area contributed by atoms with Crippen molar-refractivity contribution in [3.8, 4) is 0 Å². The highest BCUT2D eigenvalue weighted by Crippen LogP contribution is 2.32. The number of aliphatic hydroxyl groups excluding tert-OH is 2. The van der Waals surface area contributed by atoms with Gasteiger partial charge in [-0.2, -0.15) is 0 Å². The average Bonchev–Trinajstić information content (AvgIpc) is 3.19. The predicted octanol–water partition coefficient (Wildman–Crippen LogP) is 1.82. The van der Waals surface area contributed by atoms with E-state index in [1.807, 2.05) is 10.6 Å². The van der Waals surface area contributed by atoms with E-state index in [1.165, 1.54) is 32.1 Å². The van der Waals surface area contributed by atoms with E-state index in [4.69, 9.17) is 4.74 Å². The van der Waals surface area contributed by atoms with Crippen LogP contribution in [0, 0.1) is 0 Å². The van der Waals surface area contributed by atoms with Gasteiger partial charge in [-0.25, -0.2) is 9.97 Å². The highest BCUT2D eigenvalue weighted by Gasteiger charge is 2.35. The second-order valence-corrected chi connectivity index (χ2v) is 6.77. The zero-order valence-corrected chi connectivity index (χ0v) is 13.6. The summed E-state index contributed by atoms with van der Waals surface area (Å²) in [5, 5.41) is 22.8. The molecule has 2 fully saturated rings. The van der Waals surface area contributed by atoms with Gasteiger partial charge in [0.15, 0.2) is 5.82 Å². The van der Waals surface area contributed by atoms with Crippen molar-refractivity contribution in [1.29, 1.82) is 0 Å². The quantitative estimate of drug-likeness (QED) is 0.791. The molecule has 2 aromatic heterocycles. The molecule has 3 N–H and O–H groups in total. The number of fused-ring (bicyclic) bond motifs is 1. The van der Waals surface area contributed by atoms with Gasteiger partial charge in [-0.15, -0.1) is 0 Å². The Hall–Kier alpha value is -1.70. The molecule has 24 heavy (non-hydrogen) atoms. The summed E-state index contributed by atoms with van der Waals surface area (Å²) in [6.45, 7) is -0.180. The van der Waals surface area contributed by atoms with Gasteiger partial charge in [0.25, 0.3) is 0 Å². The molecule has 1 saturated carbocycles. The minimum atomic E-state index is -0.654. The summed E-state index contributed by atoms with van der Waals surface area (Å²) >= 11 is 0. The molecule has 1 aliphatic heterocycles. The van der Waals surface area contributed by atoms with E-state index >= 15 is 0 Å². The van der Waals surface area contributed by atoms with Crippen LogP contribution in [0.1, 0.15) is 44.8 Å². The van der Waals surface area contributed by atoms with Gasteiger partial charge in [0.05, 0.1) is 24.6 Å². The van der Waals surface area contributed by atoms with Crippen molar-refractivity contribution in [2.75, 3.05) is 11.9 Å². The van der Waals surface area contributed by atoms with Crippen molar-refractivity contribution in [2.45, 2.75) is 63.0 Å². The SMILES string of the molecule is OCC1O[C@@H](n2cnc3c(NC4CCCCC4)nccc32)C[C@@H]1O. The normalized spacial score (nSPS) is 28.5. The Morgan fingerprint density at radius 2 is 2.08 bits per heavy atom. The molecule has 1 aliphatic carbocycles. The number of pyridine rings is 1. The minimum absolute atomic E-state index is 0.180. The van der Waals surface area contributed by atoms with Gasteiger partial charge in [-0.05, 0) is 18.9 Å². The van der Waals surface area contributed by atoms with E-state index in [1.54, 1.807) is 12.5 Å². The van der Waals surface area contributed by atoms with Gasteiger partial charge in [-0.1, -0.05) is 19.3 Å². The molecule has 0 aromatic carbocycles. The molecule has 3 atom stereocenters. The maximum atomic E-state index is 9.96. The van der Waals surface area contributed by atoms with Gasteiger partial charge < -0.3 is 24.8 Å². The van der Waals surface area contributed by atoms with Crippen molar-refractivity contribution in [2.24, 2.45) is 0 Å². The summed E-state index contributed by atoms with van der Waals surface area (Å²) in [5.74, 6) is 0.815. The van der Waals surface area contributed by atoms with Crippen molar-refractivity contribution >= 4 is 16.9 Å². The van der Waals surface area contributed by atoms with Crippen LogP contribution in [-0.4, -0.2) is 49.6 Å². The predicted molar refractivity (Wildman–Crippen MR) is 89.6 cm³/mol. The lowest BCUT2D eigenvalue weighted by atomic mass is 9.95. The minimum Gasteiger partial charge on any atom is -0.394 e. The lowest BCUT2D eigenvalue weighted by Gasteiger charge is -2.23. The molecule has 3 heterocycles. The Bertz CT molecular complexity index is 698. The number of imidazole rings is 1. The Labute approximate surface area is 140 Å². The lowest BCUT2D eigenvalue weighted by molar-refractivity contribution is -0.0430. The van der Waals surface area contributed by atoms with Crippen LogP contribution < -0.4 is 5.32 Å². The van der Waals surface area contributed by atoms with E-state index in [2.05, 4.69) is 15.3 Å². The molecular formula is C17H24N4O3. The fourth-order valence-electron chi connectivity index (χ4n) is 3.79. The molecular weight excluding hydrogens is 308 g/mol. The molecule has 4 rings (SSSR count). The monoisotopic (exact) mass is 332 g/mol. The molecule has 2 aromatic rings. The first-order valence-corrected chi connectivity index (χ1v) is 8.78. The molecule has 1 unspecified atom stereocenters. The van der Waals surface area contributed by atoms with Crippen molar-refractivity contribution in [3.05, 3.63) is 18.6 Å². The average molecular weight is 332 g/mol. The number of ether oxygens (including phenoxy) is 1. The Kier molecular flexibility index (Phi) is 4.39. The summed E-state index contributed by atoms with van der Waals surface area (Å²) in [6.07, 6.45) is 8.65. The molecule has 1 saturated heterocycles. The molecule has 2 aliphatic rings. The van der Waals surface area contributed by atoms with E-state index in [-0.39, 0.29) is 12.8 Å². The maximum Gasteiger partial charge on any atom is 0.154 e. The van der Waals surface area contributed by atoms with Crippen molar-refractivity contribution < 1.29 is 14.9 Å². The number of aliphatic hydroxyl groups is 2. The summed E-state index contributed by atoms with van der Waals surface area (Å²) < 4.78 is 7.67. The van der Waals surface area contributed by atoms with Crippen LogP contribution in [0.2, 0.25) is 0 Å². The number of rotatable bonds is 4. The third-order valence-corrected chi connectivity index (χ3v) is 5.13.